The molecule has 1 aromatic carbocycles. The van der Waals surface area contributed by atoms with Crippen molar-refractivity contribution in [3.63, 3.8) is 0 Å². The van der Waals surface area contributed by atoms with E-state index in [-0.39, 0.29) is 12.6 Å². The standard InChI is InChI=1S/C16H19N3O2/c1-12-5-2-3-7-14(12)15(20)11-19-16(21)18-10-13-6-4-8-17-9-13/h2-9,15,20H,10-11H2,1H3,(H2,18,19,21). The van der Waals surface area contributed by atoms with E-state index in [1.165, 1.54) is 0 Å². The van der Waals surface area contributed by atoms with Gasteiger partial charge in [-0.25, -0.2) is 4.79 Å². The molecule has 1 aromatic heterocycles. The second-order valence-corrected chi connectivity index (χ2v) is 4.80. The minimum atomic E-state index is -0.713. The molecule has 110 valence electrons. The molecular formula is C16H19N3O2. The van der Waals surface area contributed by atoms with E-state index in [9.17, 15) is 9.90 Å². The number of amides is 2. The molecule has 2 aromatic rings. The first-order valence-corrected chi connectivity index (χ1v) is 6.81. The van der Waals surface area contributed by atoms with Crippen LogP contribution in [0.3, 0.4) is 0 Å². The summed E-state index contributed by atoms with van der Waals surface area (Å²) >= 11 is 0. The van der Waals surface area contributed by atoms with Gasteiger partial charge in [0.25, 0.3) is 0 Å². The first kappa shape index (κ1) is 15.0. The summed E-state index contributed by atoms with van der Waals surface area (Å²) in [6, 6.07) is 11.0. The normalized spacial score (nSPS) is 11.7. The maximum atomic E-state index is 11.7. The summed E-state index contributed by atoms with van der Waals surface area (Å²) in [6.45, 7) is 2.50. The van der Waals surface area contributed by atoms with Crippen LogP contribution in [-0.2, 0) is 6.54 Å². The van der Waals surface area contributed by atoms with Crippen molar-refractivity contribution in [3.8, 4) is 0 Å². The van der Waals surface area contributed by atoms with Crippen LogP contribution in [0.2, 0.25) is 0 Å². The van der Waals surface area contributed by atoms with Crippen molar-refractivity contribution >= 4 is 6.03 Å². The number of carbonyl (C=O) groups excluding carboxylic acids is 1. The van der Waals surface area contributed by atoms with Gasteiger partial charge < -0.3 is 15.7 Å². The smallest absolute Gasteiger partial charge is 0.315 e. The topological polar surface area (TPSA) is 74.2 Å². The Labute approximate surface area is 124 Å². The second-order valence-electron chi connectivity index (χ2n) is 4.80. The number of pyridine rings is 1. The van der Waals surface area contributed by atoms with Crippen molar-refractivity contribution in [2.45, 2.75) is 19.6 Å². The van der Waals surface area contributed by atoms with Crippen LogP contribution < -0.4 is 10.6 Å². The molecular weight excluding hydrogens is 266 g/mol. The fraction of sp³-hybridized carbons (Fsp3) is 0.250. The van der Waals surface area contributed by atoms with Gasteiger partial charge in [-0.1, -0.05) is 30.3 Å². The third-order valence-corrected chi connectivity index (χ3v) is 3.18. The average Bonchev–Trinajstić information content (AvgIpc) is 2.52. The zero-order valence-electron chi connectivity index (χ0n) is 11.9. The fourth-order valence-electron chi connectivity index (χ4n) is 2.01. The summed E-state index contributed by atoms with van der Waals surface area (Å²) in [7, 11) is 0. The summed E-state index contributed by atoms with van der Waals surface area (Å²) in [5, 5.41) is 15.5. The summed E-state index contributed by atoms with van der Waals surface area (Å²) < 4.78 is 0. The van der Waals surface area contributed by atoms with E-state index in [1.54, 1.807) is 12.4 Å². The first-order chi connectivity index (χ1) is 10.2. The van der Waals surface area contributed by atoms with E-state index in [2.05, 4.69) is 15.6 Å². The molecule has 1 atom stereocenters. The minimum absolute atomic E-state index is 0.170. The van der Waals surface area contributed by atoms with Gasteiger partial charge in [-0.2, -0.15) is 0 Å². The lowest BCUT2D eigenvalue weighted by molar-refractivity contribution is 0.172. The van der Waals surface area contributed by atoms with Gasteiger partial charge in [-0.15, -0.1) is 0 Å². The van der Waals surface area contributed by atoms with Crippen molar-refractivity contribution in [1.82, 2.24) is 15.6 Å². The lowest BCUT2D eigenvalue weighted by Gasteiger charge is -2.15. The summed E-state index contributed by atoms with van der Waals surface area (Å²) in [5.41, 5.74) is 2.75. The van der Waals surface area contributed by atoms with Crippen LogP contribution in [0, 0.1) is 6.92 Å². The Balaban J connectivity index is 1.77. The molecule has 1 heterocycles. The quantitative estimate of drug-likeness (QED) is 0.785. The molecule has 0 saturated heterocycles. The van der Waals surface area contributed by atoms with Gasteiger partial charge in [0.05, 0.1) is 6.10 Å². The predicted octanol–water partition coefficient (Wildman–Crippen LogP) is 1.92. The van der Waals surface area contributed by atoms with Gasteiger partial charge in [-0.3, -0.25) is 4.98 Å². The number of hydrogen-bond acceptors (Lipinski definition) is 3. The number of nitrogens with zero attached hydrogens (tertiary/aromatic N) is 1. The zero-order valence-corrected chi connectivity index (χ0v) is 11.9. The molecule has 0 radical (unpaired) electrons. The van der Waals surface area contributed by atoms with Crippen molar-refractivity contribution in [2.75, 3.05) is 6.54 Å². The molecule has 5 nitrogen and oxygen atoms in total. The Morgan fingerprint density at radius 2 is 2.05 bits per heavy atom. The number of rotatable bonds is 5. The third-order valence-electron chi connectivity index (χ3n) is 3.18. The first-order valence-electron chi connectivity index (χ1n) is 6.81. The van der Waals surface area contributed by atoms with Crippen molar-refractivity contribution in [3.05, 3.63) is 65.5 Å². The highest BCUT2D eigenvalue weighted by molar-refractivity contribution is 5.73. The molecule has 0 spiro atoms. The van der Waals surface area contributed by atoms with E-state index in [0.717, 1.165) is 16.7 Å². The monoisotopic (exact) mass is 285 g/mol. The Kier molecular flexibility index (Phi) is 5.29. The highest BCUT2D eigenvalue weighted by atomic mass is 16.3. The van der Waals surface area contributed by atoms with E-state index in [1.807, 2.05) is 43.3 Å². The Morgan fingerprint density at radius 3 is 2.76 bits per heavy atom. The number of hydrogen-bond donors (Lipinski definition) is 3. The summed E-state index contributed by atoms with van der Waals surface area (Å²) in [6.07, 6.45) is 2.67. The minimum Gasteiger partial charge on any atom is -0.387 e. The predicted molar refractivity (Wildman–Crippen MR) is 80.6 cm³/mol. The van der Waals surface area contributed by atoms with Gasteiger partial charge in [-0.05, 0) is 29.7 Å². The molecule has 0 bridgehead atoms. The van der Waals surface area contributed by atoms with Crippen LogP contribution >= 0.6 is 0 Å². The summed E-state index contributed by atoms with van der Waals surface area (Å²) in [4.78, 5) is 15.7. The van der Waals surface area contributed by atoms with Crippen LogP contribution in [0.25, 0.3) is 0 Å². The lowest BCUT2D eigenvalue weighted by Crippen LogP contribution is -2.37. The average molecular weight is 285 g/mol. The highest BCUT2D eigenvalue weighted by Gasteiger charge is 2.11. The van der Waals surface area contributed by atoms with Gasteiger partial charge in [0, 0.05) is 25.5 Å². The van der Waals surface area contributed by atoms with E-state index >= 15 is 0 Å². The molecule has 0 aliphatic carbocycles. The van der Waals surface area contributed by atoms with Gasteiger partial charge >= 0.3 is 6.03 Å². The number of aliphatic hydroxyl groups excluding tert-OH is 1. The SMILES string of the molecule is Cc1ccccc1C(O)CNC(=O)NCc1cccnc1. The molecule has 21 heavy (non-hydrogen) atoms. The van der Waals surface area contributed by atoms with Crippen LogP contribution in [0.1, 0.15) is 22.8 Å². The number of benzene rings is 1. The lowest BCUT2D eigenvalue weighted by atomic mass is 10.0. The maximum Gasteiger partial charge on any atom is 0.315 e. The third kappa shape index (κ3) is 4.57. The zero-order chi connectivity index (χ0) is 15.1. The summed E-state index contributed by atoms with van der Waals surface area (Å²) in [5.74, 6) is 0. The van der Waals surface area contributed by atoms with Crippen LogP contribution in [-0.4, -0.2) is 22.7 Å². The number of carbonyl (C=O) groups is 1. The number of aromatic nitrogens is 1. The van der Waals surface area contributed by atoms with Crippen LogP contribution in [0.15, 0.2) is 48.8 Å². The maximum absolute atomic E-state index is 11.7. The molecule has 3 N–H and O–H groups in total. The molecule has 2 amide bonds. The Hall–Kier alpha value is -2.40. The molecule has 0 fully saturated rings. The van der Waals surface area contributed by atoms with Crippen molar-refractivity contribution in [1.29, 1.82) is 0 Å². The number of nitrogens with one attached hydrogen (secondary N) is 2. The number of urea groups is 1. The van der Waals surface area contributed by atoms with Crippen LogP contribution in [0.4, 0.5) is 4.79 Å². The largest absolute Gasteiger partial charge is 0.387 e. The van der Waals surface area contributed by atoms with E-state index < -0.39 is 6.10 Å². The van der Waals surface area contributed by atoms with Crippen LogP contribution in [0.5, 0.6) is 0 Å². The highest BCUT2D eigenvalue weighted by Crippen LogP contribution is 2.16. The Morgan fingerprint density at radius 1 is 1.24 bits per heavy atom. The van der Waals surface area contributed by atoms with Gasteiger partial charge in [0.15, 0.2) is 0 Å². The molecule has 5 heteroatoms. The molecule has 2 rings (SSSR count). The molecule has 1 unspecified atom stereocenters. The van der Waals surface area contributed by atoms with Crippen molar-refractivity contribution in [2.24, 2.45) is 0 Å². The second kappa shape index (κ2) is 7.40. The fourth-order valence-corrected chi connectivity index (χ4v) is 2.01. The van der Waals surface area contributed by atoms with Gasteiger partial charge in [0.1, 0.15) is 0 Å². The molecule has 0 saturated carbocycles. The number of aryl methyl sites for hydroxylation is 1. The van der Waals surface area contributed by atoms with E-state index in [0.29, 0.717) is 6.54 Å². The molecule has 0 aliphatic heterocycles. The van der Waals surface area contributed by atoms with E-state index in [4.69, 9.17) is 0 Å². The molecule has 0 aliphatic rings. The van der Waals surface area contributed by atoms with Gasteiger partial charge in [0.2, 0.25) is 0 Å². The number of aliphatic hydroxyl groups is 1. The Bertz CT molecular complexity index is 587. The van der Waals surface area contributed by atoms with Crippen molar-refractivity contribution < 1.29 is 9.90 Å².